The molecule has 1 aromatic heterocycles. The summed E-state index contributed by atoms with van der Waals surface area (Å²) in [7, 11) is 3.92. The van der Waals surface area contributed by atoms with Crippen LogP contribution < -0.4 is 15.5 Å². The highest BCUT2D eigenvalue weighted by Crippen LogP contribution is 2.28. The standard InChI is InChI=1S/C19H25N5O/c1-24(2)17-12-18(23-20-13-17)21-15-7-9-16(10-8-15)22-19(25)11-14-5-3-4-6-14/h7-10,12-14H,3-6,11H2,1-2H3,(H,21,23)(H,22,25). The Kier molecular flexibility index (Phi) is 5.48. The largest absolute Gasteiger partial charge is 0.376 e. The molecule has 132 valence electrons. The van der Waals surface area contributed by atoms with Crippen LogP contribution in [0.5, 0.6) is 0 Å². The zero-order chi connectivity index (χ0) is 17.6. The third-order valence-corrected chi connectivity index (χ3v) is 4.55. The van der Waals surface area contributed by atoms with Gasteiger partial charge in [0.1, 0.15) is 0 Å². The van der Waals surface area contributed by atoms with Crippen LogP contribution in [-0.2, 0) is 4.79 Å². The summed E-state index contributed by atoms with van der Waals surface area (Å²) < 4.78 is 0. The summed E-state index contributed by atoms with van der Waals surface area (Å²) in [4.78, 5) is 14.1. The van der Waals surface area contributed by atoms with Gasteiger partial charge >= 0.3 is 0 Å². The number of hydrogen-bond donors (Lipinski definition) is 2. The first-order valence-corrected chi connectivity index (χ1v) is 8.77. The highest BCUT2D eigenvalue weighted by molar-refractivity contribution is 5.91. The highest BCUT2D eigenvalue weighted by Gasteiger charge is 2.18. The number of carbonyl (C=O) groups is 1. The summed E-state index contributed by atoms with van der Waals surface area (Å²) in [6, 6.07) is 9.59. The Labute approximate surface area is 148 Å². The second-order valence-electron chi connectivity index (χ2n) is 6.80. The quantitative estimate of drug-likeness (QED) is 0.837. The second-order valence-corrected chi connectivity index (χ2v) is 6.80. The predicted molar refractivity (Wildman–Crippen MR) is 101 cm³/mol. The molecule has 6 nitrogen and oxygen atoms in total. The van der Waals surface area contributed by atoms with Crippen molar-refractivity contribution in [2.75, 3.05) is 29.6 Å². The van der Waals surface area contributed by atoms with Crippen LogP contribution in [0, 0.1) is 5.92 Å². The number of hydrogen-bond acceptors (Lipinski definition) is 5. The van der Waals surface area contributed by atoms with Crippen LogP contribution in [0.15, 0.2) is 36.5 Å². The van der Waals surface area contributed by atoms with Crippen molar-refractivity contribution in [3.8, 4) is 0 Å². The third-order valence-electron chi connectivity index (χ3n) is 4.55. The molecule has 6 heteroatoms. The number of nitrogens with zero attached hydrogens (tertiary/aromatic N) is 3. The lowest BCUT2D eigenvalue weighted by atomic mass is 10.0. The van der Waals surface area contributed by atoms with Gasteiger partial charge in [-0.15, -0.1) is 5.10 Å². The number of benzene rings is 1. The predicted octanol–water partition coefficient (Wildman–Crippen LogP) is 3.81. The molecule has 0 bridgehead atoms. The number of carbonyl (C=O) groups excluding carboxylic acids is 1. The summed E-state index contributed by atoms with van der Waals surface area (Å²) >= 11 is 0. The Bertz CT molecular complexity index is 708. The fourth-order valence-corrected chi connectivity index (χ4v) is 3.14. The molecular formula is C19H25N5O. The molecule has 0 aliphatic heterocycles. The maximum absolute atomic E-state index is 12.1. The van der Waals surface area contributed by atoms with Gasteiger partial charge < -0.3 is 15.5 Å². The minimum Gasteiger partial charge on any atom is -0.376 e. The molecule has 1 saturated carbocycles. The molecule has 0 spiro atoms. The van der Waals surface area contributed by atoms with Gasteiger partial charge in [0.15, 0.2) is 5.82 Å². The van der Waals surface area contributed by atoms with Crippen molar-refractivity contribution in [2.45, 2.75) is 32.1 Å². The molecule has 0 saturated heterocycles. The van der Waals surface area contributed by atoms with E-state index in [1.54, 1.807) is 6.20 Å². The molecule has 2 aromatic rings. The molecule has 0 atom stereocenters. The van der Waals surface area contributed by atoms with E-state index in [0.29, 0.717) is 18.2 Å². The number of aromatic nitrogens is 2. The average Bonchev–Trinajstić information content (AvgIpc) is 3.10. The fraction of sp³-hybridized carbons (Fsp3) is 0.421. The van der Waals surface area contributed by atoms with Crippen LogP contribution in [0.25, 0.3) is 0 Å². The highest BCUT2D eigenvalue weighted by atomic mass is 16.1. The molecule has 1 aromatic carbocycles. The van der Waals surface area contributed by atoms with Gasteiger partial charge in [-0.05, 0) is 43.0 Å². The number of nitrogens with one attached hydrogen (secondary N) is 2. The Hall–Kier alpha value is -2.63. The van der Waals surface area contributed by atoms with Gasteiger partial charge in [0.2, 0.25) is 5.91 Å². The van der Waals surface area contributed by atoms with Crippen molar-refractivity contribution in [3.63, 3.8) is 0 Å². The molecule has 1 amide bonds. The van der Waals surface area contributed by atoms with Crippen LogP contribution in [0.3, 0.4) is 0 Å². The van der Waals surface area contributed by atoms with Crippen molar-refractivity contribution in [2.24, 2.45) is 5.92 Å². The zero-order valence-corrected chi connectivity index (χ0v) is 14.8. The lowest BCUT2D eigenvalue weighted by Gasteiger charge is -2.13. The Morgan fingerprint density at radius 3 is 2.52 bits per heavy atom. The Balaban J connectivity index is 1.56. The summed E-state index contributed by atoms with van der Waals surface area (Å²) in [6.45, 7) is 0. The number of rotatable bonds is 6. The van der Waals surface area contributed by atoms with Crippen LogP contribution in [0.2, 0.25) is 0 Å². The minimum atomic E-state index is 0.108. The SMILES string of the molecule is CN(C)c1cnnc(Nc2ccc(NC(=O)CC3CCCC3)cc2)c1. The minimum absolute atomic E-state index is 0.108. The lowest BCUT2D eigenvalue weighted by Crippen LogP contribution is -2.15. The van der Waals surface area contributed by atoms with Gasteiger partial charge in [-0.25, -0.2) is 0 Å². The van der Waals surface area contributed by atoms with Crippen LogP contribution >= 0.6 is 0 Å². The maximum Gasteiger partial charge on any atom is 0.224 e. The van der Waals surface area contributed by atoms with E-state index in [9.17, 15) is 4.79 Å². The van der Waals surface area contributed by atoms with Crippen LogP contribution in [-0.4, -0.2) is 30.2 Å². The van der Waals surface area contributed by atoms with Gasteiger partial charge in [0.25, 0.3) is 0 Å². The maximum atomic E-state index is 12.1. The summed E-state index contributed by atoms with van der Waals surface area (Å²) in [5, 5.41) is 14.3. The molecule has 0 unspecified atom stereocenters. The molecule has 0 radical (unpaired) electrons. The van der Waals surface area contributed by atoms with E-state index >= 15 is 0 Å². The first-order chi connectivity index (χ1) is 12.1. The summed E-state index contributed by atoms with van der Waals surface area (Å²) in [5.41, 5.74) is 2.70. The molecule has 1 aliphatic rings. The molecule has 2 N–H and O–H groups in total. The number of anilines is 4. The molecule has 3 rings (SSSR count). The Morgan fingerprint density at radius 2 is 1.84 bits per heavy atom. The van der Waals surface area contributed by atoms with E-state index < -0.39 is 0 Å². The van der Waals surface area contributed by atoms with Crippen LogP contribution in [0.1, 0.15) is 32.1 Å². The second kappa shape index (κ2) is 7.96. The normalized spacial score (nSPS) is 14.3. The lowest BCUT2D eigenvalue weighted by molar-refractivity contribution is -0.117. The number of amides is 1. The van der Waals surface area contributed by atoms with Gasteiger partial charge in [-0.1, -0.05) is 12.8 Å². The topological polar surface area (TPSA) is 70.2 Å². The molecular weight excluding hydrogens is 314 g/mol. The van der Waals surface area contributed by atoms with Crippen molar-refractivity contribution in [3.05, 3.63) is 36.5 Å². The van der Waals surface area contributed by atoms with E-state index in [2.05, 4.69) is 20.8 Å². The van der Waals surface area contributed by atoms with Crippen molar-refractivity contribution < 1.29 is 4.79 Å². The van der Waals surface area contributed by atoms with Crippen LogP contribution in [0.4, 0.5) is 22.9 Å². The Morgan fingerprint density at radius 1 is 1.16 bits per heavy atom. The van der Waals surface area contributed by atoms with E-state index in [-0.39, 0.29) is 5.91 Å². The van der Waals surface area contributed by atoms with Gasteiger partial charge in [-0.2, -0.15) is 5.10 Å². The fourth-order valence-electron chi connectivity index (χ4n) is 3.14. The first-order valence-electron chi connectivity index (χ1n) is 8.77. The summed E-state index contributed by atoms with van der Waals surface area (Å²) in [5.74, 6) is 1.35. The van der Waals surface area contributed by atoms with Gasteiger partial charge in [0, 0.05) is 38.0 Å². The molecule has 1 heterocycles. The monoisotopic (exact) mass is 339 g/mol. The van der Waals surface area contributed by atoms with E-state index in [4.69, 9.17) is 0 Å². The van der Waals surface area contributed by atoms with E-state index in [0.717, 1.165) is 17.1 Å². The molecule has 1 aliphatic carbocycles. The smallest absolute Gasteiger partial charge is 0.224 e. The average molecular weight is 339 g/mol. The molecule has 1 fully saturated rings. The van der Waals surface area contributed by atoms with Gasteiger partial charge in [-0.3, -0.25) is 4.79 Å². The van der Waals surface area contributed by atoms with E-state index in [1.807, 2.05) is 49.3 Å². The van der Waals surface area contributed by atoms with E-state index in [1.165, 1.54) is 25.7 Å². The third kappa shape index (κ3) is 4.92. The summed E-state index contributed by atoms with van der Waals surface area (Å²) in [6.07, 6.45) is 7.24. The first kappa shape index (κ1) is 17.2. The van der Waals surface area contributed by atoms with Crippen molar-refractivity contribution in [1.82, 2.24) is 10.2 Å². The van der Waals surface area contributed by atoms with Crippen molar-refractivity contribution in [1.29, 1.82) is 0 Å². The zero-order valence-electron chi connectivity index (χ0n) is 14.8. The molecule has 25 heavy (non-hydrogen) atoms. The van der Waals surface area contributed by atoms with Crippen molar-refractivity contribution >= 4 is 28.8 Å². The van der Waals surface area contributed by atoms with Gasteiger partial charge in [0.05, 0.1) is 11.9 Å².